The standard InChI is InChI=1S/C23H23N3O3S/c1-16-5-4-8-20-21(16)24-23(25-22(20)27)11-13-26(14-12-23)30(28,29)19-10-9-17-6-2-3-7-18(17)15-19/h2-10,15,24H,11-14H2,1H3,(H,25,27). The Labute approximate surface area is 175 Å². The number of benzene rings is 3. The van der Waals surface area contributed by atoms with E-state index < -0.39 is 15.7 Å². The van der Waals surface area contributed by atoms with Gasteiger partial charge in [0.2, 0.25) is 10.0 Å². The van der Waals surface area contributed by atoms with Gasteiger partial charge in [0.15, 0.2) is 0 Å². The van der Waals surface area contributed by atoms with Crippen LogP contribution in [0.4, 0.5) is 5.69 Å². The zero-order valence-electron chi connectivity index (χ0n) is 16.7. The number of rotatable bonds is 2. The van der Waals surface area contributed by atoms with Gasteiger partial charge in [-0.2, -0.15) is 4.31 Å². The molecule has 1 spiro atoms. The normalized spacial score (nSPS) is 18.6. The van der Waals surface area contributed by atoms with Gasteiger partial charge in [-0.15, -0.1) is 0 Å². The molecule has 2 aliphatic heterocycles. The second-order valence-corrected chi connectivity index (χ2v) is 10.0. The molecular formula is C23H23N3O3S. The molecule has 0 aromatic heterocycles. The van der Waals surface area contributed by atoms with E-state index in [1.54, 1.807) is 18.2 Å². The molecule has 30 heavy (non-hydrogen) atoms. The van der Waals surface area contributed by atoms with E-state index in [1.165, 1.54) is 4.31 Å². The Hall–Kier alpha value is -2.90. The zero-order valence-corrected chi connectivity index (χ0v) is 17.5. The predicted molar refractivity (Wildman–Crippen MR) is 117 cm³/mol. The van der Waals surface area contributed by atoms with E-state index in [2.05, 4.69) is 10.6 Å². The lowest BCUT2D eigenvalue weighted by Gasteiger charge is -2.45. The van der Waals surface area contributed by atoms with Gasteiger partial charge in [-0.3, -0.25) is 4.79 Å². The van der Waals surface area contributed by atoms with Crippen molar-refractivity contribution in [1.29, 1.82) is 0 Å². The summed E-state index contributed by atoms with van der Waals surface area (Å²) in [5.74, 6) is -0.113. The molecule has 0 bridgehead atoms. The minimum absolute atomic E-state index is 0.113. The first kappa shape index (κ1) is 19.1. The molecule has 0 unspecified atom stereocenters. The van der Waals surface area contributed by atoms with Crippen LogP contribution in [0.15, 0.2) is 65.6 Å². The highest BCUT2D eigenvalue weighted by Crippen LogP contribution is 2.35. The summed E-state index contributed by atoms with van der Waals surface area (Å²) in [5, 5.41) is 8.49. The lowest BCUT2D eigenvalue weighted by molar-refractivity contribution is 0.0865. The maximum atomic E-state index is 13.2. The largest absolute Gasteiger partial charge is 0.362 e. The maximum absolute atomic E-state index is 13.2. The quantitative estimate of drug-likeness (QED) is 0.664. The first-order valence-corrected chi connectivity index (χ1v) is 11.5. The highest BCUT2D eigenvalue weighted by Gasteiger charge is 2.43. The third-order valence-corrected chi connectivity index (χ3v) is 8.06. The second kappa shape index (κ2) is 6.82. The number of carbonyl (C=O) groups is 1. The van der Waals surface area contributed by atoms with E-state index in [9.17, 15) is 13.2 Å². The average Bonchev–Trinajstić information content (AvgIpc) is 2.75. The van der Waals surface area contributed by atoms with Crippen LogP contribution in [0, 0.1) is 6.92 Å². The third-order valence-electron chi connectivity index (χ3n) is 6.17. The van der Waals surface area contributed by atoms with Crippen molar-refractivity contribution in [3.05, 3.63) is 71.8 Å². The minimum Gasteiger partial charge on any atom is -0.362 e. The number of carbonyl (C=O) groups excluding carboxylic acids is 1. The molecule has 154 valence electrons. The number of nitrogens with zero attached hydrogens (tertiary/aromatic N) is 1. The van der Waals surface area contributed by atoms with E-state index >= 15 is 0 Å². The van der Waals surface area contributed by atoms with E-state index in [-0.39, 0.29) is 5.91 Å². The summed E-state index contributed by atoms with van der Waals surface area (Å²) >= 11 is 0. The van der Waals surface area contributed by atoms with Crippen LogP contribution in [0.1, 0.15) is 28.8 Å². The zero-order chi connectivity index (χ0) is 20.9. The lowest BCUT2D eigenvalue weighted by atomic mass is 9.92. The van der Waals surface area contributed by atoms with Crippen molar-refractivity contribution in [2.75, 3.05) is 18.4 Å². The van der Waals surface area contributed by atoms with Gasteiger partial charge in [0, 0.05) is 25.9 Å². The van der Waals surface area contributed by atoms with Gasteiger partial charge in [0.05, 0.1) is 16.1 Å². The predicted octanol–water partition coefficient (Wildman–Crippen LogP) is 3.48. The average molecular weight is 422 g/mol. The molecule has 3 aromatic rings. The minimum atomic E-state index is -3.60. The van der Waals surface area contributed by atoms with Crippen molar-refractivity contribution in [3.8, 4) is 0 Å². The molecule has 7 heteroatoms. The van der Waals surface area contributed by atoms with Crippen molar-refractivity contribution in [2.45, 2.75) is 30.3 Å². The molecule has 1 fully saturated rings. The van der Waals surface area contributed by atoms with Gasteiger partial charge in [-0.05, 0) is 41.5 Å². The smallest absolute Gasteiger partial charge is 0.255 e. The first-order valence-electron chi connectivity index (χ1n) is 10.1. The van der Waals surface area contributed by atoms with Crippen molar-refractivity contribution in [2.24, 2.45) is 0 Å². The number of hydrogen-bond donors (Lipinski definition) is 2. The van der Waals surface area contributed by atoms with Crippen LogP contribution in [-0.2, 0) is 10.0 Å². The second-order valence-electron chi connectivity index (χ2n) is 8.07. The molecule has 1 saturated heterocycles. The number of anilines is 1. The van der Waals surface area contributed by atoms with Gasteiger partial charge in [-0.1, -0.05) is 42.5 Å². The van der Waals surface area contributed by atoms with Crippen LogP contribution in [0.3, 0.4) is 0 Å². The molecule has 6 nitrogen and oxygen atoms in total. The summed E-state index contributed by atoms with van der Waals surface area (Å²) in [4.78, 5) is 13.0. The summed E-state index contributed by atoms with van der Waals surface area (Å²) < 4.78 is 28.0. The molecule has 2 aliphatic rings. The number of para-hydroxylation sites is 1. The number of sulfonamides is 1. The number of fused-ring (bicyclic) bond motifs is 2. The number of aryl methyl sites for hydroxylation is 1. The highest BCUT2D eigenvalue weighted by atomic mass is 32.2. The molecule has 0 atom stereocenters. The number of hydrogen-bond acceptors (Lipinski definition) is 4. The van der Waals surface area contributed by atoms with Gasteiger partial charge in [-0.25, -0.2) is 8.42 Å². The Balaban J connectivity index is 1.39. The summed E-state index contributed by atoms with van der Waals surface area (Å²) in [6.45, 7) is 2.64. The number of piperidine rings is 1. The summed E-state index contributed by atoms with van der Waals surface area (Å²) in [6, 6.07) is 18.6. The molecule has 5 rings (SSSR count). The van der Waals surface area contributed by atoms with E-state index in [1.807, 2.05) is 49.4 Å². The molecule has 2 heterocycles. The van der Waals surface area contributed by atoms with Crippen LogP contribution in [0.2, 0.25) is 0 Å². The summed E-state index contributed by atoms with van der Waals surface area (Å²) in [5.41, 5.74) is 1.86. The van der Waals surface area contributed by atoms with Crippen molar-refractivity contribution in [1.82, 2.24) is 9.62 Å². The fourth-order valence-electron chi connectivity index (χ4n) is 4.41. The van der Waals surface area contributed by atoms with E-state index in [0.29, 0.717) is 36.4 Å². The molecular weight excluding hydrogens is 398 g/mol. The maximum Gasteiger partial charge on any atom is 0.255 e. The Bertz CT molecular complexity index is 1260. The number of nitrogens with one attached hydrogen (secondary N) is 2. The molecule has 1 amide bonds. The highest BCUT2D eigenvalue weighted by molar-refractivity contribution is 7.89. The monoisotopic (exact) mass is 421 g/mol. The van der Waals surface area contributed by atoms with Crippen LogP contribution in [0.5, 0.6) is 0 Å². The van der Waals surface area contributed by atoms with E-state index in [4.69, 9.17) is 0 Å². The van der Waals surface area contributed by atoms with Gasteiger partial charge in [0.25, 0.3) is 5.91 Å². The Morgan fingerprint density at radius 3 is 2.40 bits per heavy atom. The van der Waals surface area contributed by atoms with Crippen LogP contribution < -0.4 is 10.6 Å². The topological polar surface area (TPSA) is 78.5 Å². The van der Waals surface area contributed by atoms with Crippen LogP contribution >= 0.6 is 0 Å². The lowest BCUT2D eigenvalue weighted by Crippen LogP contribution is -2.62. The van der Waals surface area contributed by atoms with Crippen LogP contribution in [-0.4, -0.2) is 37.4 Å². The third kappa shape index (κ3) is 3.05. The Morgan fingerprint density at radius 2 is 1.63 bits per heavy atom. The van der Waals surface area contributed by atoms with Crippen LogP contribution in [0.25, 0.3) is 10.8 Å². The van der Waals surface area contributed by atoms with Gasteiger partial charge >= 0.3 is 0 Å². The first-order chi connectivity index (χ1) is 14.4. The van der Waals surface area contributed by atoms with Crippen molar-refractivity contribution < 1.29 is 13.2 Å². The molecule has 3 aromatic carbocycles. The van der Waals surface area contributed by atoms with Gasteiger partial charge in [0.1, 0.15) is 5.66 Å². The van der Waals surface area contributed by atoms with Gasteiger partial charge < -0.3 is 10.6 Å². The van der Waals surface area contributed by atoms with E-state index in [0.717, 1.165) is 22.0 Å². The SMILES string of the molecule is Cc1cccc2c1NC1(CCN(S(=O)(=O)c3ccc4ccccc4c3)CC1)NC2=O. The summed E-state index contributed by atoms with van der Waals surface area (Å²) in [6.07, 6.45) is 0.999. The van der Waals surface area contributed by atoms with Crippen molar-refractivity contribution >= 4 is 32.4 Å². The molecule has 0 radical (unpaired) electrons. The fourth-order valence-corrected chi connectivity index (χ4v) is 5.89. The molecule has 2 N–H and O–H groups in total. The number of amides is 1. The van der Waals surface area contributed by atoms with Crippen molar-refractivity contribution in [3.63, 3.8) is 0 Å². The molecule has 0 saturated carbocycles. The summed E-state index contributed by atoms with van der Waals surface area (Å²) in [7, 11) is -3.60. The Kier molecular flexibility index (Phi) is 4.34. The fraction of sp³-hybridized carbons (Fsp3) is 0.261. The molecule has 0 aliphatic carbocycles. The Morgan fingerprint density at radius 1 is 0.900 bits per heavy atom.